The van der Waals surface area contributed by atoms with Crippen molar-refractivity contribution >= 4 is 29.0 Å². The average molecular weight is 355 g/mol. The van der Waals surface area contributed by atoms with E-state index in [1.807, 2.05) is 13.8 Å². The summed E-state index contributed by atoms with van der Waals surface area (Å²) in [5, 5.41) is 5.51. The highest BCUT2D eigenvalue weighted by molar-refractivity contribution is 6.32. The monoisotopic (exact) mass is 354 g/mol. The van der Waals surface area contributed by atoms with Gasteiger partial charge in [0.1, 0.15) is 17.3 Å². The van der Waals surface area contributed by atoms with Gasteiger partial charge < -0.3 is 20.1 Å². The summed E-state index contributed by atoms with van der Waals surface area (Å²) in [7, 11) is 2.95. The zero-order chi connectivity index (χ0) is 18.1. The molecule has 0 saturated heterocycles. The number of hydrogen-bond acceptors (Lipinski definition) is 3. The van der Waals surface area contributed by atoms with Gasteiger partial charge in [0.15, 0.2) is 0 Å². The smallest absolute Gasteiger partial charge is 0.323 e. The Kier molecular flexibility index (Phi) is 7.85. The SMILES string of the molecule is CC.COc1cc(OC)c(NC(=O)Nc2ccc(F)cc2)cc1Cl. The summed E-state index contributed by atoms with van der Waals surface area (Å²) in [5.41, 5.74) is 0.838. The molecule has 5 nitrogen and oxygen atoms in total. The van der Waals surface area contributed by atoms with Gasteiger partial charge >= 0.3 is 6.03 Å². The minimum Gasteiger partial charge on any atom is -0.495 e. The second-order valence-electron chi connectivity index (χ2n) is 4.27. The van der Waals surface area contributed by atoms with Crippen molar-refractivity contribution in [2.24, 2.45) is 0 Å². The number of benzene rings is 2. The highest BCUT2D eigenvalue weighted by Gasteiger charge is 2.12. The number of halogens is 2. The molecule has 2 aromatic carbocycles. The van der Waals surface area contributed by atoms with Crippen molar-refractivity contribution in [1.82, 2.24) is 0 Å². The van der Waals surface area contributed by atoms with Gasteiger partial charge in [0, 0.05) is 11.8 Å². The molecule has 0 unspecified atom stereocenters. The number of nitrogens with one attached hydrogen (secondary N) is 2. The molecule has 0 aliphatic carbocycles. The standard InChI is InChI=1S/C15H14ClFN2O3.C2H6/c1-21-13-8-14(22-2)12(7-11(13)16)19-15(20)18-10-5-3-9(17)4-6-10;1-2/h3-8H,1-2H3,(H2,18,19,20);1-2H3. The third-order valence-corrected chi connectivity index (χ3v) is 3.12. The van der Waals surface area contributed by atoms with E-state index in [0.717, 1.165) is 0 Å². The Balaban J connectivity index is 0.00000139. The number of carbonyl (C=O) groups excluding carboxylic acids is 1. The van der Waals surface area contributed by atoms with Gasteiger partial charge in [-0.3, -0.25) is 0 Å². The lowest BCUT2D eigenvalue weighted by Crippen LogP contribution is -2.19. The minimum atomic E-state index is -0.508. The maximum atomic E-state index is 12.8. The van der Waals surface area contributed by atoms with Crippen LogP contribution in [0.15, 0.2) is 36.4 Å². The van der Waals surface area contributed by atoms with E-state index in [-0.39, 0.29) is 5.82 Å². The van der Waals surface area contributed by atoms with Crippen LogP contribution in [-0.2, 0) is 0 Å². The number of amides is 2. The van der Waals surface area contributed by atoms with Crippen molar-refractivity contribution < 1.29 is 18.7 Å². The molecular formula is C17H20ClFN2O3. The van der Waals surface area contributed by atoms with Crippen LogP contribution in [-0.4, -0.2) is 20.3 Å². The van der Waals surface area contributed by atoms with Gasteiger partial charge in [-0.15, -0.1) is 0 Å². The summed E-state index contributed by atoms with van der Waals surface area (Å²) in [6, 6.07) is 7.98. The molecule has 0 radical (unpaired) electrons. The Bertz CT molecular complexity index is 678. The summed E-state index contributed by atoms with van der Waals surface area (Å²) in [4.78, 5) is 12.0. The van der Waals surface area contributed by atoms with E-state index in [4.69, 9.17) is 21.1 Å². The van der Waals surface area contributed by atoms with Crippen LogP contribution in [0, 0.1) is 5.82 Å². The molecule has 0 aliphatic heterocycles. The van der Waals surface area contributed by atoms with Crippen LogP contribution in [0.5, 0.6) is 11.5 Å². The molecule has 0 fully saturated rings. The predicted molar refractivity (Wildman–Crippen MR) is 94.9 cm³/mol. The Hall–Kier alpha value is -2.47. The molecule has 0 atom stereocenters. The van der Waals surface area contributed by atoms with Crippen molar-refractivity contribution in [3.63, 3.8) is 0 Å². The fourth-order valence-electron chi connectivity index (χ4n) is 1.78. The minimum absolute atomic E-state index is 0.334. The molecule has 0 saturated carbocycles. The lowest BCUT2D eigenvalue weighted by Gasteiger charge is -2.13. The number of rotatable bonds is 4. The largest absolute Gasteiger partial charge is 0.495 e. The van der Waals surface area contributed by atoms with Crippen LogP contribution >= 0.6 is 11.6 Å². The van der Waals surface area contributed by atoms with Gasteiger partial charge in [-0.2, -0.15) is 0 Å². The molecular weight excluding hydrogens is 335 g/mol. The zero-order valence-corrected chi connectivity index (χ0v) is 14.7. The number of methoxy groups -OCH3 is 2. The molecule has 2 rings (SSSR count). The van der Waals surface area contributed by atoms with E-state index in [2.05, 4.69) is 10.6 Å². The van der Waals surface area contributed by atoms with Crippen molar-refractivity contribution in [3.8, 4) is 11.5 Å². The van der Waals surface area contributed by atoms with Crippen molar-refractivity contribution in [3.05, 3.63) is 47.2 Å². The summed E-state index contributed by atoms with van der Waals surface area (Å²) in [6.07, 6.45) is 0. The molecule has 130 valence electrons. The van der Waals surface area contributed by atoms with Crippen LogP contribution in [0.1, 0.15) is 13.8 Å². The molecule has 2 N–H and O–H groups in total. The quantitative estimate of drug-likeness (QED) is 0.796. The van der Waals surface area contributed by atoms with E-state index >= 15 is 0 Å². The number of anilines is 2. The first kappa shape index (κ1) is 19.6. The van der Waals surface area contributed by atoms with Crippen LogP contribution in [0.3, 0.4) is 0 Å². The lowest BCUT2D eigenvalue weighted by atomic mass is 10.2. The Morgan fingerprint density at radius 2 is 1.58 bits per heavy atom. The Labute approximate surface area is 145 Å². The third kappa shape index (κ3) is 5.31. The van der Waals surface area contributed by atoms with Crippen molar-refractivity contribution in [1.29, 1.82) is 0 Å². The van der Waals surface area contributed by atoms with E-state index in [0.29, 0.717) is 27.9 Å². The molecule has 0 aliphatic rings. The van der Waals surface area contributed by atoms with Crippen LogP contribution in [0.2, 0.25) is 5.02 Å². The van der Waals surface area contributed by atoms with E-state index in [1.165, 1.54) is 44.6 Å². The highest BCUT2D eigenvalue weighted by atomic mass is 35.5. The molecule has 2 amide bonds. The van der Waals surface area contributed by atoms with Gasteiger partial charge in [0.25, 0.3) is 0 Å². The first-order valence-corrected chi connectivity index (χ1v) is 7.66. The molecule has 0 heterocycles. The van der Waals surface area contributed by atoms with Crippen LogP contribution in [0.25, 0.3) is 0 Å². The zero-order valence-electron chi connectivity index (χ0n) is 13.9. The Morgan fingerprint density at radius 3 is 2.12 bits per heavy atom. The van der Waals surface area contributed by atoms with E-state index < -0.39 is 6.03 Å². The fourth-order valence-corrected chi connectivity index (χ4v) is 2.02. The van der Waals surface area contributed by atoms with Gasteiger partial charge in [0.2, 0.25) is 0 Å². The normalized spacial score (nSPS) is 9.42. The van der Waals surface area contributed by atoms with Gasteiger partial charge in [-0.1, -0.05) is 25.4 Å². The van der Waals surface area contributed by atoms with Gasteiger partial charge in [0.05, 0.1) is 24.9 Å². The summed E-state index contributed by atoms with van der Waals surface area (Å²) >= 11 is 6.03. The molecule has 7 heteroatoms. The molecule has 2 aromatic rings. The van der Waals surface area contributed by atoms with Gasteiger partial charge in [-0.25, -0.2) is 9.18 Å². The van der Waals surface area contributed by atoms with Crippen LogP contribution < -0.4 is 20.1 Å². The third-order valence-electron chi connectivity index (χ3n) is 2.82. The molecule has 0 bridgehead atoms. The number of urea groups is 1. The maximum Gasteiger partial charge on any atom is 0.323 e. The van der Waals surface area contributed by atoms with E-state index in [1.54, 1.807) is 6.07 Å². The number of hydrogen-bond donors (Lipinski definition) is 2. The molecule has 0 spiro atoms. The topological polar surface area (TPSA) is 59.6 Å². The van der Waals surface area contributed by atoms with Crippen molar-refractivity contribution in [2.75, 3.05) is 24.9 Å². The number of carbonyl (C=O) groups is 1. The lowest BCUT2D eigenvalue weighted by molar-refractivity contribution is 0.262. The second kappa shape index (κ2) is 9.62. The first-order valence-electron chi connectivity index (χ1n) is 7.28. The van der Waals surface area contributed by atoms with Gasteiger partial charge in [-0.05, 0) is 30.3 Å². The predicted octanol–water partition coefficient (Wildman–Crippen LogP) is 5.17. The second-order valence-corrected chi connectivity index (χ2v) is 4.68. The fraction of sp³-hybridized carbons (Fsp3) is 0.235. The average Bonchev–Trinajstić information content (AvgIpc) is 2.59. The van der Waals surface area contributed by atoms with E-state index in [9.17, 15) is 9.18 Å². The molecule has 0 aromatic heterocycles. The maximum absolute atomic E-state index is 12.8. The number of ether oxygens (including phenoxy) is 2. The highest BCUT2D eigenvalue weighted by Crippen LogP contribution is 2.35. The first-order chi connectivity index (χ1) is 11.5. The van der Waals surface area contributed by atoms with Crippen molar-refractivity contribution in [2.45, 2.75) is 13.8 Å². The summed E-state index contributed by atoms with van der Waals surface area (Å²) < 4.78 is 23.1. The van der Waals surface area contributed by atoms with Crippen LogP contribution in [0.4, 0.5) is 20.6 Å². The molecule has 24 heavy (non-hydrogen) atoms. The summed E-state index contributed by atoms with van der Waals surface area (Å²) in [5.74, 6) is 0.452. The summed E-state index contributed by atoms with van der Waals surface area (Å²) in [6.45, 7) is 4.00. The Morgan fingerprint density at radius 1 is 1.00 bits per heavy atom.